The van der Waals surface area contributed by atoms with Gasteiger partial charge in [-0.3, -0.25) is 0 Å². The molecule has 1 rings (SSSR count). The van der Waals surface area contributed by atoms with Crippen molar-refractivity contribution in [1.29, 1.82) is 0 Å². The molecule has 0 atom stereocenters. The smallest absolute Gasteiger partial charge is 0.153 e. The molecule has 13 heavy (non-hydrogen) atoms. The van der Waals surface area contributed by atoms with Gasteiger partial charge in [0.2, 0.25) is 0 Å². The van der Waals surface area contributed by atoms with E-state index in [-0.39, 0.29) is 0 Å². The van der Waals surface area contributed by atoms with Crippen LogP contribution in [0.15, 0.2) is 12.1 Å². The summed E-state index contributed by atoms with van der Waals surface area (Å²) in [6.45, 7) is 0.614. The number of nitrogen functional groups attached to an aromatic ring is 1. The van der Waals surface area contributed by atoms with Crippen molar-refractivity contribution < 1.29 is 0 Å². The fraction of sp³-hybridized carbons (Fsp3) is 0.250. The Morgan fingerprint density at radius 3 is 2.92 bits per heavy atom. The predicted octanol–water partition coefficient (Wildman–Crippen LogP) is 1.07. The van der Waals surface area contributed by atoms with Crippen molar-refractivity contribution in [2.75, 3.05) is 12.3 Å². The van der Waals surface area contributed by atoms with Crippen molar-refractivity contribution in [2.45, 2.75) is 6.42 Å². The Morgan fingerprint density at radius 2 is 2.23 bits per heavy atom. The van der Waals surface area contributed by atoms with Crippen molar-refractivity contribution in [3.05, 3.63) is 22.9 Å². The molecule has 4 nitrogen and oxygen atoms in total. The molecule has 0 saturated carbocycles. The molecule has 0 unspecified atom stereocenters. The lowest BCUT2D eigenvalue weighted by Crippen LogP contribution is -1.97. The van der Waals surface area contributed by atoms with E-state index in [1.54, 1.807) is 6.07 Å². The predicted molar refractivity (Wildman–Crippen MR) is 54.2 cm³/mol. The second-order valence-electron chi connectivity index (χ2n) is 2.49. The zero-order valence-electron chi connectivity index (χ0n) is 7.07. The molecule has 5 heteroatoms. The third kappa shape index (κ3) is 3.01. The number of nitrogens with two attached hydrogens (primary N) is 2. The summed E-state index contributed by atoms with van der Waals surface area (Å²) in [5.74, 6) is 0.373. The molecule has 0 aromatic carbocycles. The van der Waals surface area contributed by atoms with E-state index >= 15 is 0 Å². The molecule has 0 aliphatic heterocycles. The Kier molecular flexibility index (Phi) is 3.67. The molecule has 4 N–H and O–H groups in total. The highest BCUT2D eigenvalue weighted by Crippen LogP contribution is 2.13. The number of rotatable bonds is 3. The van der Waals surface area contributed by atoms with E-state index in [1.165, 1.54) is 0 Å². The van der Waals surface area contributed by atoms with Crippen molar-refractivity contribution in [2.24, 2.45) is 5.73 Å². The lowest BCUT2D eigenvalue weighted by Gasteiger charge is -1.97. The summed E-state index contributed by atoms with van der Waals surface area (Å²) >= 11 is 5.64. The van der Waals surface area contributed by atoms with E-state index < -0.39 is 0 Å². The van der Waals surface area contributed by atoms with Gasteiger partial charge in [-0.1, -0.05) is 23.8 Å². The maximum absolute atomic E-state index is 5.64. The molecule has 0 fully saturated rings. The normalized spacial score (nSPS) is 10.9. The second-order valence-corrected chi connectivity index (χ2v) is 2.87. The molecular formula is C8H11ClN4. The zero-order valence-corrected chi connectivity index (χ0v) is 7.83. The molecule has 1 aromatic heterocycles. The van der Waals surface area contributed by atoms with Crippen molar-refractivity contribution in [3.63, 3.8) is 0 Å². The topological polar surface area (TPSA) is 77.8 Å². The summed E-state index contributed by atoms with van der Waals surface area (Å²) in [7, 11) is 0. The standard InChI is InChI=1S/C8H11ClN4/c9-7-5-6(3-1-2-4-10)8(11)13-12-7/h1,3,5H,2,4,10H2,(H2,11,13). The van der Waals surface area contributed by atoms with Crippen molar-refractivity contribution >= 4 is 23.5 Å². The quantitative estimate of drug-likeness (QED) is 0.762. The van der Waals surface area contributed by atoms with Crippen LogP contribution in [-0.4, -0.2) is 16.7 Å². The van der Waals surface area contributed by atoms with Crippen LogP contribution in [0.4, 0.5) is 5.82 Å². The van der Waals surface area contributed by atoms with Crippen LogP contribution < -0.4 is 11.5 Å². The van der Waals surface area contributed by atoms with E-state index in [4.69, 9.17) is 23.1 Å². The van der Waals surface area contributed by atoms with Crippen molar-refractivity contribution in [3.8, 4) is 0 Å². The minimum absolute atomic E-state index is 0.335. The van der Waals surface area contributed by atoms with Gasteiger partial charge in [0.25, 0.3) is 0 Å². The molecular weight excluding hydrogens is 188 g/mol. The van der Waals surface area contributed by atoms with Gasteiger partial charge in [-0.05, 0) is 19.0 Å². The molecule has 70 valence electrons. The van der Waals surface area contributed by atoms with E-state index in [0.29, 0.717) is 17.5 Å². The second kappa shape index (κ2) is 4.79. The summed E-state index contributed by atoms with van der Waals surface area (Å²) in [5.41, 5.74) is 11.7. The van der Waals surface area contributed by atoms with Gasteiger partial charge in [-0.2, -0.15) is 0 Å². The Balaban J connectivity index is 2.81. The number of aromatic nitrogens is 2. The summed E-state index contributed by atoms with van der Waals surface area (Å²) in [5, 5.41) is 7.60. The molecule has 0 bridgehead atoms. The van der Waals surface area contributed by atoms with Gasteiger partial charge < -0.3 is 11.5 Å². The van der Waals surface area contributed by atoms with Crippen LogP contribution in [0.1, 0.15) is 12.0 Å². The number of halogens is 1. The molecule has 0 saturated heterocycles. The molecule has 0 radical (unpaired) electrons. The first-order valence-electron chi connectivity index (χ1n) is 3.89. The average Bonchev–Trinajstić information content (AvgIpc) is 2.11. The van der Waals surface area contributed by atoms with Crippen LogP contribution in [0, 0.1) is 0 Å². The number of anilines is 1. The molecule has 0 aliphatic rings. The Bertz CT molecular complexity index is 311. The molecule has 1 heterocycles. The Labute approximate surface area is 81.6 Å². The average molecular weight is 199 g/mol. The summed E-state index contributed by atoms with van der Waals surface area (Å²) in [4.78, 5) is 0. The third-order valence-corrected chi connectivity index (χ3v) is 1.64. The van der Waals surface area contributed by atoms with Crippen LogP contribution in [0.25, 0.3) is 6.08 Å². The fourth-order valence-electron chi connectivity index (χ4n) is 0.831. The first-order valence-corrected chi connectivity index (χ1v) is 4.27. The highest BCUT2D eigenvalue weighted by molar-refractivity contribution is 6.29. The van der Waals surface area contributed by atoms with Gasteiger partial charge >= 0.3 is 0 Å². The van der Waals surface area contributed by atoms with Gasteiger partial charge in [0, 0.05) is 5.56 Å². The highest BCUT2D eigenvalue weighted by Gasteiger charge is 1.98. The van der Waals surface area contributed by atoms with Crippen LogP contribution >= 0.6 is 11.6 Å². The van der Waals surface area contributed by atoms with Gasteiger partial charge in [0.05, 0.1) is 0 Å². The number of nitrogens with zero attached hydrogens (tertiary/aromatic N) is 2. The fourth-order valence-corrected chi connectivity index (χ4v) is 0.986. The lowest BCUT2D eigenvalue weighted by molar-refractivity contribution is 1.01. The van der Waals surface area contributed by atoms with Crippen LogP contribution in [0.3, 0.4) is 0 Å². The Morgan fingerprint density at radius 1 is 1.46 bits per heavy atom. The minimum atomic E-state index is 0.335. The van der Waals surface area contributed by atoms with Gasteiger partial charge in [-0.25, -0.2) is 0 Å². The number of hydrogen-bond acceptors (Lipinski definition) is 4. The first kappa shape index (κ1) is 9.95. The highest BCUT2D eigenvalue weighted by atomic mass is 35.5. The van der Waals surface area contributed by atoms with E-state index in [2.05, 4.69) is 10.2 Å². The van der Waals surface area contributed by atoms with E-state index in [1.807, 2.05) is 12.2 Å². The molecule has 0 aliphatic carbocycles. The lowest BCUT2D eigenvalue weighted by atomic mass is 10.2. The first-order chi connectivity index (χ1) is 6.24. The van der Waals surface area contributed by atoms with Gasteiger partial charge in [-0.15, -0.1) is 10.2 Å². The largest absolute Gasteiger partial charge is 0.382 e. The third-order valence-electron chi connectivity index (χ3n) is 1.45. The summed E-state index contributed by atoms with van der Waals surface area (Å²) in [6.07, 6.45) is 4.56. The van der Waals surface area contributed by atoms with Crippen LogP contribution in [0.5, 0.6) is 0 Å². The summed E-state index contributed by atoms with van der Waals surface area (Å²) < 4.78 is 0. The van der Waals surface area contributed by atoms with Crippen LogP contribution in [-0.2, 0) is 0 Å². The maximum atomic E-state index is 5.64. The minimum Gasteiger partial charge on any atom is -0.382 e. The monoisotopic (exact) mass is 198 g/mol. The summed E-state index contributed by atoms with van der Waals surface area (Å²) in [6, 6.07) is 1.66. The van der Waals surface area contributed by atoms with Crippen molar-refractivity contribution in [1.82, 2.24) is 10.2 Å². The Hall–Kier alpha value is -1.13. The maximum Gasteiger partial charge on any atom is 0.153 e. The molecule has 0 spiro atoms. The molecule has 1 aromatic rings. The molecule has 0 amide bonds. The van der Waals surface area contributed by atoms with E-state index in [9.17, 15) is 0 Å². The SMILES string of the molecule is NCCC=Cc1cc(Cl)nnc1N. The van der Waals surface area contributed by atoms with Crippen LogP contribution in [0.2, 0.25) is 5.15 Å². The van der Waals surface area contributed by atoms with Gasteiger partial charge in [0.1, 0.15) is 0 Å². The van der Waals surface area contributed by atoms with E-state index in [0.717, 1.165) is 12.0 Å². The zero-order chi connectivity index (χ0) is 9.68. The number of hydrogen-bond donors (Lipinski definition) is 2. The van der Waals surface area contributed by atoms with Gasteiger partial charge in [0.15, 0.2) is 11.0 Å².